The van der Waals surface area contributed by atoms with Gasteiger partial charge in [0.15, 0.2) is 8.32 Å². The van der Waals surface area contributed by atoms with E-state index in [9.17, 15) is 5.11 Å². The molecule has 0 aromatic rings. The van der Waals surface area contributed by atoms with Crippen molar-refractivity contribution in [3.8, 4) is 0 Å². The molecule has 0 saturated heterocycles. The summed E-state index contributed by atoms with van der Waals surface area (Å²) in [7, 11) is -1.66. The minimum absolute atomic E-state index is 0.130. The molecule has 0 bridgehead atoms. The van der Waals surface area contributed by atoms with Crippen molar-refractivity contribution < 1.29 is 9.53 Å². The summed E-state index contributed by atoms with van der Waals surface area (Å²) < 4.78 is 6.13. The Morgan fingerprint density at radius 1 is 1.29 bits per heavy atom. The van der Waals surface area contributed by atoms with Crippen LogP contribution < -0.4 is 0 Å². The minimum atomic E-state index is -1.66. The average molecular weight is 214 g/mol. The number of aliphatic hydroxyl groups is 1. The lowest BCUT2D eigenvalue weighted by molar-refractivity contribution is 0.155. The average Bonchev–Trinajstić information content (AvgIpc) is 2.31. The molecule has 0 spiro atoms. The first kappa shape index (κ1) is 11.9. The smallest absolute Gasteiger partial charge is 0.192 e. The van der Waals surface area contributed by atoms with Crippen LogP contribution in [0.4, 0.5) is 0 Å². The Balaban J connectivity index is 2.56. The van der Waals surface area contributed by atoms with Crippen molar-refractivity contribution in [2.24, 2.45) is 0 Å². The second kappa shape index (κ2) is 3.80. The first-order valence-electron chi connectivity index (χ1n) is 5.26. The van der Waals surface area contributed by atoms with Crippen molar-refractivity contribution in [2.75, 3.05) is 0 Å². The molecule has 1 aliphatic rings. The van der Waals surface area contributed by atoms with Crippen LogP contribution in [0.3, 0.4) is 0 Å². The van der Waals surface area contributed by atoms with E-state index in [-0.39, 0.29) is 17.2 Å². The molecule has 2 nitrogen and oxygen atoms in total. The molecule has 1 aliphatic carbocycles. The summed E-state index contributed by atoms with van der Waals surface area (Å²) in [5.74, 6) is 0. The number of hydrogen-bond donors (Lipinski definition) is 1. The van der Waals surface area contributed by atoms with Crippen molar-refractivity contribution in [2.45, 2.75) is 57.5 Å². The lowest BCUT2D eigenvalue weighted by Crippen LogP contribution is -2.43. The Bertz CT molecular complexity index is 228. The highest BCUT2D eigenvalue weighted by Gasteiger charge is 2.39. The predicted molar refractivity (Wildman–Crippen MR) is 61.8 cm³/mol. The van der Waals surface area contributed by atoms with Gasteiger partial charge in [0.05, 0.1) is 12.2 Å². The minimum Gasteiger partial charge on any atom is -0.410 e. The second-order valence-corrected chi connectivity index (χ2v) is 10.4. The first-order valence-corrected chi connectivity index (χ1v) is 8.17. The molecule has 82 valence electrons. The van der Waals surface area contributed by atoms with Crippen molar-refractivity contribution >= 4 is 8.32 Å². The Morgan fingerprint density at radius 3 is 2.21 bits per heavy atom. The summed E-state index contributed by atoms with van der Waals surface area (Å²) in [6.45, 7) is 11.2. The molecular weight excluding hydrogens is 192 g/mol. The molecule has 0 amide bonds. The van der Waals surface area contributed by atoms with Crippen molar-refractivity contribution in [3.05, 3.63) is 12.2 Å². The van der Waals surface area contributed by atoms with Crippen LogP contribution in [0, 0.1) is 0 Å². The summed E-state index contributed by atoms with van der Waals surface area (Å²) in [5.41, 5.74) is 0. The first-order chi connectivity index (χ1) is 6.22. The third-order valence-corrected chi connectivity index (χ3v) is 7.78. The summed E-state index contributed by atoms with van der Waals surface area (Å²) in [6, 6.07) is 0. The summed E-state index contributed by atoms with van der Waals surface area (Å²) in [4.78, 5) is 0. The Morgan fingerprint density at radius 2 is 1.86 bits per heavy atom. The highest BCUT2D eigenvalue weighted by Crippen LogP contribution is 2.38. The third-order valence-electron chi connectivity index (χ3n) is 3.27. The lowest BCUT2D eigenvalue weighted by atomic mass is 10.2. The van der Waals surface area contributed by atoms with Crippen LogP contribution in [-0.4, -0.2) is 25.6 Å². The largest absolute Gasteiger partial charge is 0.410 e. The zero-order valence-corrected chi connectivity index (χ0v) is 10.9. The van der Waals surface area contributed by atoms with Gasteiger partial charge in [-0.25, -0.2) is 0 Å². The van der Waals surface area contributed by atoms with E-state index in [1.807, 2.05) is 12.2 Å². The Kier molecular flexibility index (Phi) is 3.24. The van der Waals surface area contributed by atoms with E-state index >= 15 is 0 Å². The van der Waals surface area contributed by atoms with Gasteiger partial charge in [-0.3, -0.25) is 0 Å². The molecule has 0 aromatic heterocycles. The van der Waals surface area contributed by atoms with E-state index in [1.165, 1.54) is 0 Å². The van der Waals surface area contributed by atoms with Gasteiger partial charge in [-0.1, -0.05) is 32.9 Å². The number of hydrogen-bond acceptors (Lipinski definition) is 2. The maximum Gasteiger partial charge on any atom is 0.192 e. The van der Waals surface area contributed by atoms with Gasteiger partial charge in [-0.05, 0) is 18.1 Å². The van der Waals surface area contributed by atoms with Gasteiger partial charge < -0.3 is 9.53 Å². The normalized spacial score (nSPS) is 28.4. The van der Waals surface area contributed by atoms with Crippen LogP contribution in [0.25, 0.3) is 0 Å². The van der Waals surface area contributed by atoms with E-state index in [1.54, 1.807) is 0 Å². The molecule has 2 atom stereocenters. The molecular formula is C11H22O2Si. The SMILES string of the molecule is CC(C)(C)[Si](C)(C)O[C@H]1C=C[C@H](O)C1. The van der Waals surface area contributed by atoms with E-state index in [4.69, 9.17) is 4.43 Å². The molecule has 1 N–H and O–H groups in total. The molecule has 0 fully saturated rings. The highest BCUT2D eigenvalue weighted by molar-refractivity contribution is 6.74. The molecule has 0 heterocycles. The van der Waals surface area contributed by atoms with Gasteiger partial charge in [0.2, 0.25) is 0 Å². The lowest BCUT2D eigenvalue weighted by Gasteiger charge is -2.38. The van der Waals surface area contributed by atoms with Gasteiger partial charge in [0.1, 0.15) is 0 Å². The van der Waals surface area contributed by atoms with Crippen molar-refractivity contribution in [1.29, 1.82) is 0 Å². The monoisotopic (exact) mass is 214 g/mol. The fourth-order valence-corrected chi connectivity index (χ4v) is 2.58. The second-order valence-electron chi connectivity index (χ2n) is 5.60. The van der Waals surface area contributed by atoms with Crippen LogP contribution in [0.2, 0.25) is 18.1 Å². The molecule has 0 unspecified atom stereocenters. The standard InChI is InChI=1S/C11H22O2Si/c1-11(2,3)14(4,5)13-10-7-6-9(12)8-10/h6-7,9-10,12H,8H2,1-5H3/t9-,10-/m0/s1. The Labute approximate surface area is 88.1 Å². The third kappa shape index (κ3) is 2.68. The van der Waals surface area contributed by atoms with E-state index in [0.29, 0.717) is 0 Å². The predicted octanol–water partition coefficient (Wildman–Crippen LogP) is 2.70. The van der Waals surface area contributed by atoms with Gasteiger partial charge in [-0.15, -0.1) is 0 Å². The summed E-state index contributed by atoms with van der Waals surface area (Å²) in [5, 5.41) is 9.59. The zero-order chi connectivity index (χ0) is 11.0. The van der Waals surface area contributed by atoms with Crippen LogP contribution >= 0.6 is 0 Å². The van der Waals surface area contributed by atoms with E-state index in [0.717, 1.165) is 6.42 Å². The van der Waals surface area contributed by atoms with Gasteiger partial charge >= 0.3 is 0 Å². The fraction of sp³-hybridized carbons (Fsp3) is 0.818. The van der Waals surface area contributed by atoms with Crippen molar-refractivity contribution in [1.82, 2.24) is 0 Å². The van der Waals surface area contributed by atoms with Gasteiger partial charge in [0.25, 0.3) is 0 Å². The van der Waals surface area contributed by atoms with Gasteiger partial charge in [0, 0.05) is 6.42 Å². The highest BCUT2D eigenvalue weighted by atomic mass is 28.4. The quantitative estimate of drug-likeness (QED) is 0.566. The topological polar surface area (TPSA) is 29.5 Å². The van der Waals surface area contributed by atoms with E-state index < -0.39 is 8.32 Å². The molecule has 0 aliphatic heterocycles. The van der Waals surface area contributed by atoms with Crippen LogP contribution in [0.5, 0.6) is 0 Å². The fourth-order valence-electron chi connectivity index (χ4n) is 1.29. The molecule has 0 aromatic carbocycles. The molecule has 0 saturated carbocycles. The van der Waals surface area contributed by atoms with Crippen LogP contribution in [0.1, 0.15) is 27.2 Å². The Hall–Kier alpha value is -0.123. The zero-order valence-electron chi connectivity index (χ0n) is 9.87. The molecule has 3 heteroatoms. The summed E-state index contributed by atoms with van der Waals surface area (Å²) >= 11 is 0. The number of rotatable bonds is 2. The molecule has 0 radical (unpaired) electrons. The van der Waals surface area contributed by atoms with Crippen molar-refractivity contribution in [3.63, 3.8) is 0 Å². The van der Waals surface area contributed by atoms with Gasteiger partial charge in [-0.2, -0.15) is 0 Å². The number of aliphatic hydroxyl groups excluding tert-OH is 1. The van der Waals surface area contributed by atoms with E-state index in [2.05, 4.69) is 33.9 Å². The van der Waals surface area contributed by atoms with Crippen LogP contribution in [-0.2, 0) is 4.43 Å². The summed E-state index contributed by atoms with van der Waals surface area (Å²) in [6.07, 6.45) is 4.38. The maximum atomic E-state index is 9.35. The molecule has 14 heavy (non-hydrogen) atoms. The molecule has 1 rings (SSSR count). The maximum absolute atomic E-state index is 9.35. The van der Waals surface area contributed by atoms with Crippen LogP contribution in [0.15, 0.2) is 12.2 Å².